The molecule has 3 amide bonds. The first-order chi connectivity index (χ1) is 13.9. The highest BCUT2D eigenvalue weighted by molar-refractivity contribution is 9.10. The number of carbonyl (C=O) groups is 3. The van der Waals surface area contributed by atoms with Gasteiger partial charge in [0, 0.05) is 26.9 Å². The van der Waals surface area contributed by atoms with E-state index in [4.69, 9.17) is 0 Å². The summed E-state index contributed by atoms with van der Waals surface area (Å²) in [6.45, 7) is 1.92. The summed E-state index contributed by atoms with van der Waals surface area (Å²) < 4.78 is 0.875. The maximum absolute atomic E-state index is 12.3. The molecular weight excluding hydrogens is 434 g/mol. The molecule has 3 rings (SSSR count). The van der Waals surface area contributed by atoms with Crippen molar-refractivity contribution < 1.29 is 14.4 Å². The summed E-state index contributed by atoms with van der Waals surface area (Å²) in [5, 5.41) is 2.75. The van der Waals surface area contributed by atoms with Gasteiger partial charge >= 0.3 is 0 Å². The van der Waals surface area contributed by atoms with Crippen molar-refractivity contribution in [2.45, 2.75) is 6.92 Å². The molecule has 146 valence electrons. The largest absolute Gasteiger partial charge is 0.322 e. The number of benzene rings is 3. The second kappa shape index (κ2) is 9.16. The van der Waals surface area contributed by atoms with Crippen molar-refractivity contribution in [2.24, 2.45) is 0 Å². The van der Waals surface area contributed by atoms with Gasteiger partial charge in [0.15, 0.2) is 0 Å². The number of halogens is 1. The Bertz CT molecular complexity index is 1050. The highest BCUT2D eigenvalue weighted by atomic mass is 79.9. The maximum Gasteiger partial charge on any atom is 0.269 e. The van der Waals surface area contributed by atoms with Crippen LogP contribution in [0.1, 0.15) is 36.6 Å². The van der Waals surface area contributed by atoms with Gasteiger partial charge in [-0.3, -0.25) is 25.2 Å². The second-order valence-electron chi connectivity index (χ2n) is 6.32. The molecule has 0 aliphatic rings. The average Bonchev–Trinajstić information content (AvgIpc) is 2.73. The minimum atomic E-state index is -0.495. The van der Waals surface area contributed by atoms with E-state index in [2.05, 4.69) is 32.1 Å². The van der Waals surface area contributed by atoms with Crippen LogP contribution in [0.5, 0.6) is 0 Å². The Balaban J connectivity index is 1.61. The Kier molecular flexibility index (Phi) is 6.41. The molecule has 0 bridgehead atoms. The molecule has 0 saturated carbocycles. The van der Waals surface area contributed by atoms with E-state index in [1.807, 2.05) is 19.1 Å². The Labute approximate surface area is 176 Å². The van der Waals surface area contributed by atoms with Gasteiger partial charge < -0.3 is 5.32 Å². The fraction of sp³-hybridized carbons (Fsp3) is 0.0455. The third kappa shape index (κ3) is 5.52. The maximum atomic E-state index is 12.3. The average molecular weight is 452 g/mol. The lowest BCUT2D eigenvalue weighted by atomic mass is 10.1. The fourth-order valence-electron chi connectivity index (χ4n) is 2.51. The van der Waals surface area contributed by atoms with Crippen LogP contribution in [0.4, 0.5) is 5.69 Å². The molecule has 3 aromatic carbocycles. The first kappa shape index (κ1) is 20.3. The zero-order valence-electron chi connectivity index (χ0n) is 15.5. The minimum Gasteiger partial charge on any atom is -0.322 e. The predicted molar refractivity (Wildman–Crippen MR) is 115 cm³/mol. The molecule has 3 aromatic rings. The highest BCUT2D eigenvalue weighted by Crippen LogP contribution is 2.14. The topological polar surface area (TPSA) is 87.3 Å². The second-order valence-corrected chi connectivity index (χ2v) is 7.23. The number of hydrogen-bond donors (Lipinski definition) is 3. The standard InChI is InChI=1S/C22H18BrN3O3/c1-14-5-7-16(8-6-14)21(28)25-26-22(29)17-3-2-4-19(13-17)24-20(27)15-9-11-18(23)12-10-15/h2-13H,1H3,(H,24,27)(H,25,28)(H,26,29). The van der Waals surface area contributed by atoms with Crippen LogP contribution >= 0.6 is 15.9 Å². The summed E-state index contributed by atoms with van der Waals surface area (Å²) in [6.07, 6.45) is 0. The van der Waals surface area contributed by atoms with Crippen molar-refractivity contribution in [3.8, 4) is 0 Å². The molecule has 3 N–H and O–H groups in total. The number of rotatable bonds is 4. The molecule has 0 fully saturated rings. The van der Waals surface area contributed by atoms with E-state index in [1.54, 1.807) is 54.6 Å². The molecule has 0 aromatic heterocycles. The van der Waals surface area contributed by atoms with Crippen molar-refractivity contribution in [2.75, 3.05) is 5.32 Å². The van der Waals surface area contributed by atoms with Gasteiger partial charge in [0.1, 0.15) is 0 Å². The summed E-state index contributed by atoms with van der Waals surface area (Å²) >= 11 is 3.32. The molecule has 7 heteroatoms. The van der Waals surface area contributed by atoms with Gasteiger partial charge in [-0.05, 0) is 61.5 Å². The number of aryl methyl sites for hydroxylation is 1. The third-order valence-electron chi connectivity index (χ3n) is 4.09. The van der Waals surface area contributed by atoms with E-state index in [-0.39, 0.29) is 5.91 Å². The van der Waals surface area contributed by atoms with Crippen molar-refractivity contribution >= 4 is 39.3 Å². The van der Waals surface area contributed by atoms with E-state index < -0.39 is 11.8 Å². The smallest absolute Gasteiger partial charge is 0.269 e. The first-order valence-corrected chi connectivity index (χ1v) is 9.56. The minimum absolute atomic E-state index is 0.289. The van der Waals surface area contributed by atoms with Gasteiger partial charge in [-0.15, -0.1) is 0 Å². The van der Waals surface area contributed by atoms with Crippen LogP contribution in [-0.4, -0.2) is 17.7 Å². The van der Waals surface area contributed by atoms with Crippen molar-refractivity contribution in [1.29, 1.82) is 0 Å². The zero-order valence-corrected chi connectivity index (χ0v) is 17.1. The summed E-state index contributed by atoms with van der Waals surface area (Å²) in [4.78, 5) is 36.8. The van der Waals surface area contributed by atoms with E-state index in [1.165, 1.54) is 6.07 Å². The Morgan fingerprint density at radius 1 is 0.690 bits per heavy atom. The first-order valence-electron chi connectivity index (χ1n) is 8.77. The monoisotopic (exact) mass is 451 g/mol. The summed E-state index contributed by atoms with van der Waals surface area (Å²) in [5.74, 6) is -1.20. The van der Waals surface area contributed by atoms with E-state index in [9.17, 15) is 14.4 Å². The molecular formula is C22H18BrN3O3. The third-order valence-corrected chi connectivity index (χ3v) is 4.62. The molecule has 0 heterocycles. The lowest BCUT2D eigenvalue weighted by Crippen LogP contribution is -2.41. The SMILES string of the molecule is Cc1ccc(C(=O)NNC(=O)c2cccc(NC(=O)c3ccc(Br)cc3)c2)cc1. The van der Waals surface area contributed by atoms with Gasteiger partial charge in [0.05, 0.1) is 0 Å². The van der Waals surface area contributed by atoms with Crippen LogP contribution in [0.3, 0.4) is 0 Å². The molecule has 6 nitrogen and oxygen atoms in total. The Morgan fingerprint density at radius 3 is 1.90 bits per heavy atom. The summed E-state index contributed by atoms with van der Waals surface area (Å²) in [7, 11) is 0. The van der Waals surface area contributed by atoms with Gasteiger partial charge in [-0.2, -0.15) is 0 Å². The summed E-state index contributed by atoms with van der Waals surface area (Å²) in [5.41, 5.74) is 7.48. The van der Waals surface area contributed by atoms with Crippen LogP contribution in [-0.2, 0) is 0 Å². The molecule has 0 unspecified atom stereocenters. The highest BCUT2D eigenvalue weighted by Gasteiger charge is 2.11. The molecule has 0 radical (unpaired) electrons. The van der Waals surface area contributed by atoms with Crippen LogP contribution < -0.4 is 16.2 Å². The van der Waals surface area contributed by atoms with Crippen LogP contribution in [0.25, 0.3) is 0 Å². The quantitative estimate of drug-likeness (QED) is 0.522. The van der Waals surface area contributed by atoms with Gasteiger partial charge in [0.25, 0.3) is 17.7 Å². The normalized spacial score (nSPS) is 10.1. The molecule has 0 saturated heterocycles. The number of carbonyl (C=O) groups excluding carboxylic acids is 3. The number of amides is 3. The Morgan fingerprint density at radius 2 is 1.24 bits per heavy atom. The fourth-order valence-corrected chi connectivity index (χ4v) is 2.77. The van der Waals surface area contributed by atoms with Crippen LogP contribution in [0.2, 0.25) is 0 Å². The zero-order chi connectivity index (χ0) is 20.8. The molecule has 0 aliphatic carbocycles. The van der Waals surface area contributed by atoms with Gasteiger partial charge in [-0.25, -0.2) is 0 Å². The number of anilines is 1. The van der Waals surface area contributed by atoms with Crippen molar-refractivity contribution in [3.63, 3.8) is 0 Å². The molecule has 0 aliphatic heterocycles. The molecule has 0 spiro atoms. The van der Waals surface area contributed by atoms with Gasteiger partial charge in [-0.1, -0.05) is 39.7 Å². The van der Waals surface area contributed by atoms with Gasteiger partial charge in [0.2, 0.25) is 0 Å². The Hall–Kier alpha value is -3.45. The van der Waals surface area contributed by atoms with Crippen molar-refractivity contribution in [3.05, 3.63) is 99.5 Å². The number of hydrogen-bond acceptors (Lipinski definition) is 3. The molecule has 29 heavy (non-hydrogen) atoms. The van der Waals surface area contributed by atoms with Crippen LogP contribution in [0, 0.1) is 6.92 Å². The number of nitrogens with one attached hydrogen (secondary N) is 3. The van der Waals surface area contributed by atoms with Crippen molar-refractivity contribution in [1.82, 2.24) is 10.9 Å². The lowest BCUT2D eigenvalue weighted by Gasteiger charge is -2.10. The predicted octanol–water partition coefficient (Wildman–Crippen LogP) is 4.08. The van der Waals surface area contributed by atoms with Crippen LogP contribution in [0.15, 0.2) is 77.3 Å². The lowest BCUT2D eigenvalue weighted by molar-refractivity contribution is 0.0846. The summed E-state index contributed by atoms with van der Waals surface area (Å²) in [6, 6.07) is 20.4. The number of hydrazine groups is 1. The van der Waals surface area contributed by atoms with E-state index >= 15 is 0 Å². The van der Waals surface area contributed by atoms with E-state index in [0.717, 1.165) is 10.0 Å². The van der Waals surface area contributed by atoms with E-state index in [0.29, 0.717) is 22.4 Å². The molecule has 0 atom stereocenters.